The van der Waals surface area contributed by atoms with E-state index >= 15 is 0 Å². The molecule has 1 aliphatic heterocycles. The van der Waals surface area contributed by atoms with Gasteiger partial charge < -0.3 is 15.2 Å². The summed E-state index contributed by atoms with van der Waals surface area (Å²) in [5.74, 6) is 0.583. The standard InChI is InChI=1S/C21H21BrN6O2S/c22-13-8-17(31-11-13)19-20(23-10-18(29)27-6-2-1-3-7-27)26-21(30)28(19)14-4-5-15-16(9-14)25-12-24-15/h4-5,8-9,11-12,23H,1-3,6-7,10H2,(H,24,25)(H,26,30). The maximum atomic E-state index is 13.0. The fraction of sp³-hybridized carbons (Fsp3) is 0.286. The molecule has 31 heavy (non-hydrogen) atoms. The number of likely N-dealkylation sites (tertiary alicyclic amines) is 1. The monoisotopic (exact) mass is 500 g/mol. The number of halogens is 1. The molecule has 0 radical (unpaired) electrons. The number of aromatic nitrogens is 4. The maximum Gasteiger partial charge on any atom is 0.332 e. The van der Waals surface area contributed by atoms with Crippen molar-refractivity contribution in [1.29, 1.82) is 0 Å². The topological polar surface area (TPSA) is 98.8 Å². The van der Waals surface area contributed by atoms with Crippen LogP contribution in [0.2, 0.25) is 0 Å². The zero-order valence-electron chi connectivity index (χ0n) is 16.7. The fourth-order valence-corrected chi connectivity index (χ4v) is 5.43. The van der Waals surface area contributed by atoms with Crippen LogP contribution in [0.25, 0.3) is 27.3 Å². The molecule has 0 aliphatic carbocycles. The number of fused-ring (bicyclic) bond motifs is 1. The first kappa shape index (κ1) is 20.1. The van der Waals surface area contributed by atoms with Crippen molar-refractivity contribution < 1.29 is 4.79 Å². The number of rotatable bonds is 5. The molecule has 0 spiro atoms. The molecular weight excluding hydrogens is 480 g/mol. The summed E-state index contributed by atoms with van der Waals surface area (Å²) in [6, 6.07) is 7.61. The van der Waals surface area contributed by atoms with Gasteiger partial charge in [0.25, 0.3) is 0 Å². The summed E-state index contributed by atoms with van der Waals surface area (Å²) in [5.41, 5.74) is 2.82. The Balaban J connectivity index is 1.53. The zero-order valence-corrected chi connectivity index (χ0v) is 19.1. The Labute approximate surface area is 190 Å². The first-order valence-corrected chi connectivity index (χ1v) is 11.8. The summed E-state index contributed by atoms with van der Waals surface area (Å²) in [5, 5.41) is 5.15. The minimum Gasteiger partial charge on any atom is -0.361 e. The largest absolute Gasteiger partial charge is 0.361 e. The van der Waals surface area contributed by atoms with E-state index in [0.717, 1.165) is 46.3 Å². The molecule has 10 heteroatoms. The van der Waals surface area contributed by atoms with Gasteiger partial charge in [0.15, 0.2) is 0 Å². The number of amides is 1. The van der Waals surface area contributed by atoms with Crippen molar-refractivity contribution in [3.63, 3.8) is 0 Å². The molecule has 1 aromatic carbocycles. The second-order valence-electron chi connectivity index (χ2n) is 7.52. The van der Waals surface area contributed by atoms with Gasteiger partial charge in [-0.05, 0) is 59.5 Å². The predicted molar refractivity (Wildman–Crippen MR) is 126 cm³/mol. The van der Waals surface area contributed by atoms with Gasteiger partial charge >= 0.3 is 5.69 Å². The number of piperidine rings is 1. The van der Waals surface area contributed by atoms with E-state index in [1.807, 2.05) is 34.5 Å². The number of imidazole rings is 2. The number of carbonyl (C=O) groups excluding carboxylic acids is 1. The molecule has 0 atom stereocenters. The van der Waals surface area contributed by atoms with Crippen molar-refractivity contribution in [2.75, 3.05) is 25.0 Å². The van der Waals surface area contributed by atoms with Crippen molar-refractivity contribution in [1.82, 2.24) is 24.4 Å². The fourth-order valence-electron chi connectivity index (χ4n) is 3.96. The van der Waals surface area contributed by atoms with Crippen LogP contribution in [0.4, 0.5) is 5.82 Å². The van der Waals surface area contributed by atoms with Gasteiger partial charge in [0.1, 0.15) is 11.5 Å². The molecule has 8 nitrogen and oxygen atoms in total. The predicted octanol–water partition coefficient (Wildman–Crippen LogP) is 3.96. The average molecular weight is 501 g/mol. The molecule has 4 heterocycles. The summed E-state index contributed by atoms with van der Waals surface area (Å²) in [6.45, 7) is 1.74. The van der Waals surface area contributed by atoms with Crippen LogP contribution in [-0.4, -0.2) is 50.0 Å². The Morgan fingerprint density at radius 3 is 2.84 bits per heavy atom. The molecular formula is C21H21BrN6O2S. The minimum absolute atomic E-state index is 0.0467. The van der Waals surface area contributed by atoms with E-state index in [0.29, 0.717) is 17.2 Å². The van der Waals surface area contributed by atoms with Crippen LogP contribution in [-0.2, 0) is 4.79 Å². The van der Waals surface area contributed by atoms with Crippen molar-refractivity contribution in [2.45, 2.75) is 19.3 Å². The van der Waals surface area contributed by atoms with Crippen molar-refractivity contribution in [3.05, 3.63) is 50.9 Å². The zero-order chi connectivity index (χ0) is 21.4. The Hall–Kier alpha value is -2.85. The molecule has 5 rings (SSSR count). The minimum atomic E-state index is -0.272. The van der Waals surface area contributed by atoms with Gasteiger partial charge in [-0.2, -0.15) is 0 Å². The summed E-state index contributed by atoms with van der Waals surface area (Å²) in [4.78, 5) is 38.7. The normalized spacial score (nSPS) is 14.3. The summed E-state index contributed by atoms with van der Waals surface area (Å²) in [6.07, 6.45) is 4.89. The van der Waals surface area contributed by atoms with E-state index in [9.17, 15) is 9.59 Å². The molecule has 1 aliphatic rings. The van der Waals surface area contributed by atoms with Crippen LogP contribution >= 0.6 is 27.3 Å². The molecule has 3 N–H and O–H groups in total. The van der Waals surface area contributed by atoms with Crippen LogP contribution in [0.15, 0.2) is 45.2 Å². The Morgan fingerprint density at radius 1 is 1.23 bits per heavy atom. The third-order valence-corrected chi connectivity index (χ3v) is 7.18. The number of nitrogens with zero attached hydrogens (tertiary/aromatic N) is 3. The van der Waals surface area contributed by atoms with Crippen molar-refractivity contribution in [3.8, 4) is 16.3 Å². The average Bonchev–Trinajstić information content (AvgIpc) is 3.50. The molecule has 1 fully saturated rings. The van der Waals surface area contributed by atoms with Gasteiger partial charge in [-0.3, -0.25) is 14.3 Å². The SMILES string of the molecule is O=C(CNc1[nH]c(=O)n(-c2ccc3nc[nH]c3c2)c1-c1cc(Br)cs1)N1CCCCC1. The van der Waals surface area contributed by atoms with Crippen LogP contribution in [0.3, 0.4) is 0 Å². The smallest absolute Gasteiger partial charge is 0.332 e. The van der Waals surface area contributed by atoms with E-state index in [4.69, 9.17) is 0 Å². The quantitative estimate of drug-likeness (QED) is 0.386. The summed E-state index contributed by atoms with van der Waals surface area (Å²) >= 11 is 5.03. The number of hydrogen-bond acceptors (Lipinski definition) is 5. The molecule has 1 amide bonds. The molecule has 160 valence electrons. The van der Waals surface area contributed by atoms with E-state index in [1.54, 1.807) is 10.9 Å². The lowest BCUT2D eigenvalue weighted by Gasteiger charge is -2.26. The molecule has 0 unspecified atom stereocenters. The highest BCUT2D eigenvalue weighted by Crippen LogP contribution is 2.35. The summed E-state index contributed by atoms with van der Waals surface area (Å²) < 4.78 is 2.57. The Morgan fingerprint density at radius 2 is 2.06 bits per heavy atom. The second-order valence-corrected chi connectivity index (χ2v) is 9.34. The van der Waals surface area contributed by atoms with Gasteiger partial charge in [0.05, 0.1) is 34.5 Å². The number of nitrogens with one attached hydrogen (secondary N) is 3. The number of anilines is 1. The van der Waals surface area contributed by atoms with Gasteiger partial charge in [0, 0.05) is 22.9 Å². The lowest BCUT2D eigenvalue weighted by atomic mass is 10.1. The van der Waals surface area contributed by atoms with E-state index in [-0.39, 0.29) is 18.1 Å². The molecule has 0 saturated carbocycles. The number of hydrogen-bond donors (Lipinski definition) is 3. The maximum absolute atomic E-state index is 13.0. The van der Waals surface area contributed by atoms with Crippen LogP contribution in [0, 0.1) is 0 Å². The number of aromatic amines is 2. The highest BCUT2D eigenvalue weighted by molar-refractivity contribution is 9.10. The molecule has 3 aromatic heterocycles. The van der Waals surface area contributed by atoms with Crippen LogP contribution in [0.1, 0.15) is 19.3 Å². The van der Waals surface area contributed by atoms with E-state index in [1.165, 1.54) is 17.8 Å². The van der Waals surface area contributed by atoms with Crippen molar-refractivity contribution in [2.24, 2.45) is 0 Å². The first-order chi connectivity index (χ1) is 15.1. The van der Waals surface area contributed by atoms with Gasteiger partial charge in [-0.15, -0.1) is 11.3 Å². The van der Waals surface area contributed by atoms with Crippen LogP contribution < -0.4 is 11.0 Å². The van der Waals surface area contributed by atoms with E-state index < -0.39 is 0 Å². The second kappa shape index (κ2) is 8.35. The first-order valence-electron chi connectivity index (χ1n) is 10.1. The van der Waals surface area contributed by atoms with E-state index in [2.05, 4.69) is 36.2 Å². The third kappa shape index (κ3) is 3.92. The highest BCUT2D eigenvalue weighted by Gasteiger charge is 2.22. The number of benzene rings is 1. The lowest BCUT2D eigenvalue weighted by Crippen LogP contribution is -2.39. The summed E-state index contributed by atoms with van der Waals surface area (Å²) in [7, 11) is 0. The highest BCUT2D eigenvalue weighted by atomic mass is 79.9. The Bertz CT molecular complexity index is 1300. The van der Waals surface area contributed by atoms with Gasteiger partial charge in [0.2, 0.25) is 5.91 Å². The number of carbonyl (C=O) groups is 1. The third-order valence-electron chi connectivity index (χ3n) is 5.48. The molecule has 0 bridgehead atoms. The van der Waals surface area contributed by atoms with Crippen molar-refractivity contribution >= 4 is 50.0 Å². The lowest BCUT2D eigenvalue weighted by molar-refractivity contribution is -0.130. The molecule has 1 saturated heterocycles. The number of thiophene rings is 1. The number of H-pyrrole nitrogens is 2. The Kier molecular flexibility index (Phi) is 5.41. The van der Waals surface area contributed by atoms with Crippen LogP contribution in [0.5, 0.6) is 0 Å². The van der Waals surface area contributed by atoms with Gasteiger partial charge in [-0.25, -0.2) is 9.78 Å². The van der Waals surface area contributed by atoms with Gasteiger partial charge in [-0.1, -0.05) is 0 Å². The molecule has 4 aromatic rings.